The second-order valence-corrected chi connectivity index (χ2v) is 3.39. The van der Waals surface area contributed by atoms with E-state index in [9.17, 15) is 19.7 Å². The molecule has 0 aromatic heterocycles. The minimum absolute atomic E-state index is 0.0860. The molecule has 90 valence electrons. The van der Waals surface area contributed by atoms with Crippen LogP contribution in [0.25, 0.3) is 0 Å². The van der Waals surface area contributed by atoms with Gasteiger partial charge in [-0.15, -0.1) is 0 Å². The van der Waals surface area contributed by atoms with Gasteiger partial charge in [-0.1, -0.05) is 30.3 Å². The van der Waals surface area contributed by atoms with Crippen LogP contribution in [0.3, 0.4) is 0 Å². The maximum Gasteiger partial charge on any atom is 0.390 e. The molecule has 1 atom stereocenters. The Labute approximate surface area is 97.3 Å². The number of Topliss-reactive ketones (excluding diaryl/α,β-unsaturated/α-hetero) is 1. The quantitative estimate of drug-likeness (QED) is 0.329. The molecule has 0 saturated heterocycles. The van der Waals surface area contributed by atoms with Gasteiger partial charge in [0.25, 0.3) is 0 Å². The number of carbonyl (C=O) groups is 2. The second kappa shape index (κ2) is 5.74. The molecule has 0 fully saturated rings. The fourth-order valence-corrected chi connectivity index (χ4v) is 1.21. The summed E-state index contributed by atoms with van der Waals surface area (Å²) < 4.78 is 4.71. The number of carbonyl (C=O) groups excluding carboxylic acids is 2. The minimum Gasteiger partial charge on any atom is -0.455 e. The highest BCUT2D eigenvalue weighted by Crippen LogP contribution is 2.03. The molecule has 0 spiro atoms. The van der Waals surface area contributed by atoms with E-state index in [1.54, 1.807) is 30.3 Å². The Morgan fingerprint density at radius 1 is 1.35 bits per heavy atom. The van der Waals surface area contributed by atoms with Crippen LogP contribution < -0.4 is 0 Å². The summed E-state index contributed by atoms with van der Waals surface area (Å²) in [6, 6.07) is 6.78. The summed E-state index contributed by atoms with van der Waals surface area (Å²) in [6.07, 6.45) is 0. The van der Waals surface area contributed by atoms with Crippen LogP contribution in [0.1, 0.15) is 12.5 Å². The van der Waals surface area contributed by atoms with E-state index in [0.29, 0.717) is 5.56 Å². The van der Waals surface area contributed by atoms with Crippen molar-refractivity contribution >= 4 is 11.8 Å². The lowest BCUT2D eigenvalue weighted by molar-refractivity contribution is -0.496. The van der Waals surface area contributed by atoms with E-state index in [1.807, 2.05) is 0 Å². The summed E-state index contributed by atoms with van der Waals surface area (Å²) in [6.45, 7) is 0.897. The molecule has 0 bridgehead atoms. The summed E-state index contributed by atoms with van der Waals surface area (Å²) >= 11 is 0. The number of esters is 1. The van der Waals surface area contributed by atoms with E-state index < -0.39 is 22.7 Å². The number of benzene rings is 1. The molecule has 17 heavy (non-hydrogen) atoms. The third-order valence-electron chi connectivity index (χ3n) is 2.04. The molecular formula is C11H11NO5. The van der Waals surface area contributed by atoms with Crippen molar-refractivity contribution in [3.05, 3.63) is 46.0 Å². The molecule has 0 aliphatic heterocycles. The van der Waals surface area contributed by atoms with Crippen LogP contribution in [0.5, 0.6) is 0 Å². The summed E-state index contributed by atoms with van der Waals surface area (Å²) in [5, 5.41) is 10.5. The minimum atomic E-state index is -1.93. The van der Waals surface area contributed by atoms with Crippen molar-refractivity contribution in [2.75, 3.05) is 0 Å². The lowest BCUT2D eigenvalue weighted by Gasteiger charge is -2.06. The summed E-state index contributed by atoms with van der Waals surface area (Å²) in [5.74, 6) is -1.97. The van der Waals surface area contributed by atoms with Gasteiger partial charge in [0.05, 0.1) is 0 Å². The zero-order chi connectivity index (χ0) is 12.8. The van der Waals surface area contributed by atoms with Gasteiger partial charge < -0.3 is 4.74 Å². The average molecular weight is 237 g/mol. The van der Waals surface area contributed by atoms with E-state index in [0.717, 1.165) is 6.92 Å². The Balaban J connectivity index is 2.60. The van der Waals surface area contributed by atoms with E-state index in [4.69, 9.17) is 4.74 Å². The maximum atomic E-state index is 11.3. The van der Waals surface area contributed by atoms with Crippen molar-refractivity contribution in [2.45, 2.75) is 19.6 Å². The third kappa shape index (κ3) is 3.67. The number of hydrogen-bond donors (Lipinski definition) is 0. The Hall–Kier alpha value is -2.24. The zero-order valence-electron chi connectivity index (χ0n) is 9.16. The topological polar surface area (TPSA) is 86.5 Å². The van der Waals surface area contributed by atoms with Gasteiger partial charge in [0.2, 0.25) is 5.78 Å². The first-order valence-electron chi connectivity index (χ1n) is 4.87. The molecule has 0 aliphatic carbocycles. The molecule has 0 aliphatic rings. The van der Waals surface area contributed by atoms with Crippen LogP contribution in [0.15, 0.2) is 30.3 Å². The Morgan fingerprint density at radius 2 is 1.94 bits per heavy atom. The van der Waals surface area contributed by atoms with Crippen LogP contribution in [0, 0.1) is 10.1 Å². The van der Waals surface area contributed by atoms with E-state index in [2.05, 4.69) is 0 Å². The van der Waals surface area contributed by atoms with Crippen LogP contribution in [0.4, 0.5) is 0 Å². The maximum absolute atomic E-state index is 11.3. The van der Waals surface area contributed by atoms with E-state index in [-0.39, 0.29) is 6.61 Å². The molecule has 0 amide bonds. The average Bonchev–Trinajstić information content (AvgIpc) is 2.27. The standard InChI is InChI=1S/C11H11NO5/c1-8(13)10(12(15)16)11(14)17-7-9-5-3-2-4-6-9/h2-6,10H,7H2,1H3. The zero-order valence-corrected chi connectivity index (χ0v) is 9.16. The first kappa shape index (κ1) is 12.8. The molecule has 0 radical (unpaired) electrons. The van der Waals surface area contributed by atoms with Gasteiger partial charge in [0.1, 0.15) is 6.61 Å². The highest BCUT2D eigenvalue weighted by atomic mass is 16.6. The SMILES string of the molecule is CC(=O)C(C(=O)OCc1ccccc1)[N+](=O)[O-]. The monoisotopic (exact) mass is 237 g/mol. The molecule has 0 saturated carbocycles. The Kier molecular flexibility index (Phi) is 4.33. The van der Waals surface area contributed by atoms with Crippen molar-refractivity contribution in [3.63, 3.8) is 0 Å². The van der Waals surface area contributed by atoms with Crippen LogP contribution in [-0.4, -0.2) is 22.7 Å². The second-order valence-electron chi connectivity index (χ2n) is 3.39. The summed E-state index contributed by atoms with van der Waals surface area (Å²) in [7, 11) is 0. The van der Waals surface area contributed by atoms with E-state index in [1.165, 1.54) is 0 Å². The fourth-order valence-electron chi connectivity index (χ4n) is 1.21. The van der Waals surface area contributed by atoms with Crippen molar-refractivity contribution in [1.82, 2.24) is 0 Å². The largest absolute Gasteiger partial charge is 0.455 e. The van der Waals surface area contributed by atoms with Crippen LogP contribution >= 0.6 is 0 Å². The van der Waals surface area contributed by atoms with Crippen molar-refractivity contribution in [1.29, 1.82) is 0 Å². The summed E-state index contributed by atoms with van der Waals surface area (Å²) in [5.41, 5.74) is 0.700. The molecule has 6 heteroatoms. The first-order chi connectivity index (χ1) is 8.02. The van der Waals surface area contributed by atoms with Gasteiger partial charge in [0.15, 0.2) is 0 Å². The molecule has 0 N–H and O–H groups in total. The Bertz CT molecular complexity index is 415. The summed E-state index contributed by atoms with van der Waals surface area (Å²) in [4.78, 5) is 31.7. The van der Waals surface area contributed by atoms with Crippen molar-refractivity contribution in [3.8, 4) is 0 Å². The number of nitrogens with zero attached hydrogens (tertiary/aromatic N) is 1. The molecule has 6 nitrogen and oxygen atoms in total. The van der Waals surface area contributed by atoms with Gasteiger partial charge in [-0.25, -0.2) is 4.79 Å². The smallest absolute Gasteiger partial charge is 0.390 e. The Morgan fingerprint density at radius 3 is 2.41 bits per heavy atom. The highest BCUT2D eigenvalue weighted by molar-refractivity contribution is 6.00. The van der Waals surface area contributed by atoms with Gasteiger partial charge in [-0.3, -0.25) is 14.9 Å². The molecule has 1 rings (SSSR count). The van der Waals surface area contributed by atoms with Crippen LogP contribution in [0.2, 0.25) is 0 Å². The number of ketones is 1. The third-order valence-corrected chi connectivity index (χ3v) is 2.04. The number of hydrogen-bond acceptors (Lipinski definition) is 5. The van der Waals surface area contributed by atoms with E-state index >= 15 is 0 Å². The van der Waals surface area contributed by atoms with Gasteiger partial charge in [-0.05, 0) is 5.56 Å². The van der Waals surface area contributed by atoms with Crippen molar-refractivity contribution < 1.29 is 19.2 Å². The number of ether oxygens (including phenoxy) is 1. The van der Waals surface area contributed by atoms with Gasteiger partial charge >= 0.3 is 12.0 Å². The lowest BCUT2D eigenvalue weighted by Crippen LogP contribution is -2.37. The molecule has 1 aromatic rings. The van der Waals surface area contributed by atoms with Crippen LogP contribution in [-0.2, 0) is 20.9 Å². The van der Waals surface area contributed by atoms with Gasteiger partial charge in [0, 0.05) is 11.8 Å². The number of rotatable bonds is 5. The van der Waals surface area contributed by atoms with Crippen molar-refractivity contribution in [2.24, 2.45) is 0 Å². The molecule has 1 unspecified atom stereocenters. The lowest BCUT2D eigenvalue weighted by atomic mass is 10.2. The molecule has 1 aromatic carbocycles. The molecule has 0 heterocycles. The normalized spacial score (nSPS) is 11.6. The first-order valence-corrected chi connectivity index (χ1v) is 4.87. The van der Waals surface area contributed by atoms with Gasteiger partial charge in [-0.2, -0.15) is 0 Å². The fraction of sp³-hybridized carbons (Fsp3) is 0.273. The number of nitro groups is 1. The highest BCUT2D eigenvalue weighted by Gasteiger charge is 2.36. The predicted octanol–water partition coefficient (Wildman–Crippen LogP) is 0.964. The predicted molar refractivity (Wildman–Crippen MR) is 57.7 cm³/mol. The molecular weight excluding hydrogens is 226 g/mol.